The molecule has 0 spiro atoms. The van der Waals surface area contributed by atoms with Crippen LogP contribution in [0.15, 0.2) is 52.4 Å². The summed E-state index contributed by atoms with van der Waals surface area (Å²) in [6.07, 6.45) is -4.50. The van der Waals surface area contributed by atoms with Gasteiger partial charge in [0.05, 0.1) is 37.4 Å². The molecule has 0 saturated carbocycles. The fourth-order valence-electron chi connectivity index (χ4n) is 2.94. The molecule has 1 N–H and O–H groups in total. The quantitative estimate of drug-likeness (QED) is 0.405. The molecule has 0 atom stereocenters. The van der Waals surface area contributed by atoms with Crippen LogP contribution >= 0.6 is 11.8 Å². The molecule has 0 unspecified atom stereocenters. The van der Waals surface area contributed by atoms with E-state index in [1.54, 1.807) is 42.5 Å². The fraction of sp³-hybridized carbons (Fsp3) is 0.286. The van der Waals surface area contributed by atoms with Crippen molar-refractivity contribution in [3.05, 3.63) is 58.4 Å². The van der Waals surface area contributed by atoms with Gasteiger partial charge in [0, 0.05) is 0 Å². The molecule has 7 nitrogen and oxygen atoms in total. The Morgan fingerprint density at radius 3 is 2.53 bits per heavy atom. The SMILES string of the molecule is COc1ccc(Cn2c(SCC(=O)NCC(F)(F)F)nc3ccccc3c2=O)cc1OC. The molecule has 32 heavy (non-hydrogen) atoms. The lowest BCUT2D eigenvalue weighted by Crippen LogP contribution is -2.35. The molecule has 1 heterocycles. The Bertz CT molecular complexity index is 1180. The number of carbonyl (C=O) groups excluding carboxylic acids is 1. The number of thioether (sulfide) groups is 1. The average Bonchev–Trinajstić information content (AvgIpc) is 2.77. The Morgan fingerprint density at radius 1 is 1.12 bits per heavy atom. The summed E-state index contributed by atoms with van der Waals surface area (Å²) in [5.74, 6) is -0.136. The monoisotopic (exact) mass is 467 g/mol. The van der Waals surface area contributed by atoms with E-state index in [0.717, 1.165) is 11.8 Å². The highest BCUT2D eigenvalue weighted by Gasteiger charge is 2.27. The number of amides is 1. The number of fused-ring (bicyclic) bond motifs is 1. The van der Waals surface area contributed by atoms with Gasteiger partial charge in [-0.1, -0.05) is 30.0 Å². The standard InChI is InChI=1S/C21H20F3N3O4S/c1-30-16-8-7-13(9-17(16)31-2)10-27-19(29)14-5-3-4-6-15(14)26-20(27)32-11-18(28)25-12-21(22,23)24/h3-9H,10-12H2,1-2H3,(H,25,28). The van der Waals surface area contributed by atoms with Crippen molar-refractivity contribution in [2.45, 2.75) is 17.9 Å². The minimum atomic E-state index is -4.50. The lowest BCUT2D eigenvalue weighted by atomic mass is 10.2. The summed E-state index contributed by atoms with van der Waals surface area (Å²) in [7, 11) is 3.00. The van der Waals surface area contributed by atoms with Gasteiger partial charge in [0.15, 0.2) is 16.7 Å². The second-order valence-electron chi connectivity index (χ2n) is 6.67. The molecule has 2 aromatic carbocycles. The molecule has 0 aliphatic carbocycles. The van der Waals surface area contributed by atoms with E-state index in [1.165, 1.54) is 18.8 Å². The summed E-state index contributed by atoms with van der Waals surface area (Å²) in [6.45, 7) is -1.31. The first-order valence-electron chi connectivity index (χ1n) is 9.38. The zero-order chi connectivity index (χ0) is 23.3. The van der Waals surface area contributed by atoms with Crippen LogP contribution in [-0.4, -0.2) is 48.2 Å². The third-order valence-corrected chi connectivity index (χ3v) is 5.41. The predicted octanol–water partition coefficient (Wildman–Crippen LogP) is 3.23. The van der Waals surface area contributed by atoms with Crippen LogP contribution < -0.4 is 20.3 Å². The highest BCUT2D eigenvalue weighted by atomic mass is 32.2. The molecule has 0 saturated heterocycles. The summed E-state index contributed by atoms with van der Waals surface area (Å²) in [5, 5.41) is 2.41. The third kappa shape index (κ3) is 5.72. The van der Waals surface area contributed by atoms with Gasteiger partial charge in [-0.25, -0.2) is 4.98 Å². The first-order valence-corrected chi connectivity index (χ1v) is 10.4. The molecule has 1 amide bonds. The number of benzene rings is 2. The second kappa shape index (κ2) is 9.94. The van der Waals surface area contributed by atoms with E-state index in [1.807, 2.05) is 5.32 Å². The number of nitrogens with zero attached hydrogens (tertiary/aromatic N) is 2. The summed E-state index contributed by atoms with van der Waals surface area (Å²) < 4.78 is 48.9. The van der Waals surface area contributed by atoms with E-state index in [0.29, 0.717) is 28.0 Å². The summed E-state index contributed by atoms with van der Waals surface area (Å²) in [6, 6.07) is 11.9. The minimum Gasteiger partial charge on any atom is -0.493 e. The maximum Gasteiger partial charge on any atom is 0.405 e. The number of nitrogens with one attached hydrogen (secondary N) is 1. The van der Waals surface area contributed by atoms with Gasteiger partial charge in [-0.2, -0.15) is 13.2 Å². The lowest BCUT2D eigenvalue weighted by molar-refractivity contribution is -0.136. The molecule has 0 fully saturated rings. The van der Waals surface area contributed by atoms with Crippen LogP contribution in [0.2, 0.25) is 0 Å². The van der Waals surface area contributed by atoms with Crippen LogP contribution in [0.25, 0.3) is 10.9 Å². The van der Waals surface area contributed by atoms with Gasteiger partial charge >= 0.3 is 6.18 Å². The van der Waals surface area contributed by atoms with Crippen LogP contribution in [0.3, 0.4) is 0 Å². The van der Waals surface area contributed by atoms with Crippen molar-refractivity contribution >= 4 is 28.6 Å². The van der Waals surface area contributed by atoms with Gasteiger partial charge in [0.2, 0.25) is 5.91 Å². The van der Waals surface area contributed by atoms with Crippen LogP contribution in [0, 0.1) is 0 Å². The van der Waals surface area contributed by atoms with Crippen molar-refractivity contribution in [3.8, 4) is 11.5 Å². The van der Waals surface area contributed by atoms with Gasteiger partial charge in [-0.3, -0.25) is 14.2 Å². The Balaban J connectivity index is 1.93. The lowest BCUT2D eigenvalue weighted by Gasteiger charge is -2.15. The number of hydrogen-bond acceptors (Lipinski definition) is 6. The molecular formula is C21H20F3N3O4S. The summed E-state index contributed by atoms with van der Waals surface area (Å²) >= 11 is 0.888. The van der Waals surface area contributed by atoms with Crippen LogP contribution in [0.4, 0.5) is 13.2 Å². The van der Waals surface area contributed by atoms with E-state index in [9.17, 15) is 22.8 Å². The van der Waals surface area contributed by atoms with Gasteiger partial charge in [0.25, 0.3) is 5.56 Å². The van der Waals surface area contributed by atoms with Crippen molar-refractivity contribution in [2.24, 2.45) is 0 Å². The van der Waals surface area contributed by atoms with Crippen molar-refractivity contribution in [1.82, 2.24) is 14.9 Å². The maximum absolute atomic E-state index is 13.1. The zero-order valence-electron chi connectivity index (χ0n) is 17.2. The number of aromatic nitrogens is 2. The highest BCUT2D eigenvalue weighted by Crippen LogP contribution is 2.28. The number of methoxy groups -OCH3 is 2. The Kier molecular flexibility index (Phi) is 7.29. The molecule has 11 heteroatoms. The van der Waals surface area contributed by atoms with E-state index in [4.69, 9.17) is 9.47 Å². The minimum absolute atomic E-state index is 0.115. The zero-order valence-corrected chi connectivity index (χ0v) is 18.0. The molecule has 170 valence electrons. The predicted molar refractivity (Wildman–Crippen MR) is 114 cm³/mol. The molecule has 0 bridgehead atoms. The molecule has 1 aromatic heterocycles. The van der Waals surface area contributed by atoms with E-state index < -0.39 is 18.6 Å². The first kappa shape index (κ1) is 23.5. The maximum atomic E-state index is 13.1. The van der Waals surface area contributed by atoms with Gasteiger partial charge in [-0.15, -0.1) is 0 Å². The number of rotatable bonds is 8. The number of alkyl halides is 3. The summed E-state index contributed by atoms with van der Waals surface area (Å²) in [4.78, 5) is 29.5. The smallest absolute Gasteiger partial charge is 0.405 e. The van der Waals surface area contributed by atoms with E-state index in [-0.39, 0.29) is 23.0 Å². The van der Waals surface area contributed by atoms with Crippen molar-refractivity contribution in [2.75, 3.05) is 26.5 Å². The Labute approximate surface area is 185 Å². The average molecular weight is 467 g/mol. The number of para-hydroxylation sites is 1. The Morgan fingerprint density at radius 2 is 1.84 bits per heavy atom. The molecule has 3 rings (SSSR count). The van der Waals surface area contributed by atoms with Gasteiger partial charge in [0.1, 0.15) is 6.54 Å². The fourth-order valence-corrected chi connectivity index (χ4v) is 3.77. The molecule has 0 aliphatic heterocycles. The third-order valence-electron chi connectivity index (χ3n) is 4.43. The Hall–Kier alpha value is -3.21. The topological polar surface area (TPSA) is 82.5 Å². The van der Waals surface area contributed by atoms with Crippen LogP contribution in [-0.2, 0) is 11.3 Å². The number of hydrogen-bond donors (Lipinski definition) is 1. The number of carbonyl (C=O) groups is 1. The van der Waals surface area contributed by atoms with Crippen LogP contribution in [0.1, 0.15) is 5.56 Å². The van der Waals surface area contributed by atoms with Gasteiger partial charge < -0.3 is 14.8 Å². The van der Waals surface area contributed by atoms with Gasteiger partial charge in [-0.05, 0) is 29.8 Å². The normalized spacial score (nSPS) is 11.4. The van der Waals surface area contributed by atoms with Crippen LogP contribution in [0.5, 0.6) is 11.5 Å². The van der Waals surface area contributed by atoms with E-state index in [2.05, 4.69) is 4.98 Å². The van der Waals surface area contributed by atoms with Crippen molar-refractivity contribution in [3.63, 3.8) is 0 Å². The highest BCUT2D eigenvalue weighted by molar-refractivity contribution is 7.99. The number of ether oxygens (including phenoxy) is 2. The summed E-state index contributed by atoms with van der Waals surface area (Å²) in [5.41, 5.74) is 0.813. The number of halogens is 3. The second-order valence-corrected chi connectivity index (χ2v) is 7.62. The van der Waals surface area contributed by atoms with Crippen molar-refractivity contribution in [1.29, 1.82) is 0 Å². The molecule has 0 radical (unpaired) electrons. The molecule has 3 aromatic rings. The van der Waals surface area contributed by atoms with Crippen molar-refractivity contribution < 1.29 is 27.4 Å². The molecular weight excluding hydrogens is 447 g/mol. The largest absolute Gasteiger partial charge is 0.493 e. The first-order chi connectivity index (χ1) is 15.2. The van der Waals surface area contributed by atoms with E-state index >= 15 is 0 Å². The molecule has 0 aliphatic rings.